The number of benzene rings is 2. The van der Waals surface area contributed by atoms with Crippen LogP contribution in [0.15, 0.2) is 69.5 Å². The van der Waals surface area contributed by atoms with E-state index in [0.29, 0.717) is 28.1 Å². The minimum absolute atomic E-state index is 0.0385. The number of ether oxygens (including phenoxy) is 1. The molecular weight excluding hydrogens is 415 g/mol. The zero-order chi connectivity index (χ0) is 22.7. The molecule has 0 aliphatic rings. The first-order valence-corrected chi connectivity index (χ1v) is 9.66. The lowest BCUT2D eigenvalue weighted by atomic mass is 10.2. The van der Waals surface area contributed by atoms with Crippen molar-refractivity contribution < 1.29 is 27.6 Å². The predicted molar refractivity (Wildman–Crippen MR) is 118 cm³/mol. The third-order valence-electron chi connectivity index (χ3n) is 4.58. The van der Waals surface area contributed by atoms with Gasteiger partial charge in [-0.15, -0.1) is 0 Å². The van der Waals surface area contributed by atoms with Crippen molar-refractivity contribution in [3.8, 4) is 5.75 Å². The van der Waals surface area contributed by atoms with Crippen molar-refractivity contribution in [2.24, 2.45) is 0 Å². The van der Waals surface area contributed by atoms with Crippen molar-refractivity contribution in [3.05, 3.63) is 83.8 Å². The zero-order valence-corrected chi connectivity index (χ0v) is 17.3. The van der Waals surface area contributed by atoms with Crippen LogP contribution in [0.3, 0.4) is 0 Å². The molecule has 0 unspecified atom stereocenters. The molecule has 0 aliphatic carbocycles. The number of anilines is 2. The number of rotatable bonds is 6. The predicted octanol–water partition coefficient (Wildman–Crippen LogP) is 5.39. The van der Waals surface area contributed by atoms with Crippen molar-refractivity contribution in [2.75, 3.05) is 17.7 Å². The Bertz CT molecular complexity index is 1320. The topological polar surface area (TPSA) is 93.7 Å². The van der Waals surface area contributed by atoms with Gasteiger partial charge in [-0.3, -0.25) is 9.59 Å². The molecule has 0 fully saturated rings. The largest absolute Gasteiger partial charge is 0.492 e. The fourth-order valence-electron chi connectivity index (χ4n) is 3.11. The maximum absolute atomic E-state index is 13.1. The third kappa shape index (κ3) is 4.54. The third-order valence-corrected chi connectivity index (χ3v) is 4.58. The maximum atomic E-state index is 13.1. The molecule has 32 heavy (non-hydrogen) atoms. The van der Waals surface area contributed by atoms with Gasteiger partial charge in [0.1, 0.15) is 22.9 Å². The molecule has 7 nitrogen and oxygen atoms in total. The van der Waals surface area contributed by atoms with Gasteiger partial charge in [0.2, 0.25) is 11.7 Å². The van der Waals surface area contributed by atoms with E-state index in [-0.39, 0.29) is 17.4 Å². The van der Waals surface area contributed by atoms with E-state index >= 15 is 0 Å². The van der Waals surface area contributed by atoms with Crippen molar-refractivity contribution in [3.63, 3.8) is 0 Å². The van der Waals surface area contributed by atoms with E-state index in [1.807, 2.05) is 6.92 Å². The van der Waals surface area contributed by atoms with Gasteiger partial charge in [-0.2, -0.15) is 0 Å². The van der Waals surface area contributed by atoms with Gasteiger partial charge in [0.25, 0.3) is 5.91 Å². The molecule has 2 aromatic heterocycles. The molecular formula is C24H19FN2O5. The highest BCUT2D eigenvalue weighted by Crippen LogP contribution is 2.35. The van der Waals surface area contributed by atoms with Crippen LogP contribution in [0.2, 0.25) is 0 Å². The van der Waals surface area contributed by atoms with Gasteiger partial charge in [0.15, 0.2) is 5.75 Å². The summed E-state index contributed by atoms with van der Waals surface area (Å²) in [6.45, 7) is 1.82. The lowest BCUT2D eigenvalue weighted by Gasteiger charge is -2.05. The van der Waals surface area contributed by atoms with E-state index in [1.165, 1.54) is 37.5 Å². The molecule has 2 amide bonds. The van der Waals surface area contributed by atoms with Crippen LogP contribution in [-0.2, 0) is 4.79 Å². The number of furan rings is 2. The lowest BCUT2D eigenvalue weighted by Crippen LogP contribution is -2.12. The number of aryl methyl sites for hydroxylation is 1. The molecule has 0 spiro atoms. The van der Waals surface area contributed by atoms with Crippen molar-refractivity contribution >= 4 is 40.2 Å². The van der Waals surface area contributed by atoms with Gasteiger partial charge in [-0.1, -0.05) is 0 Å². The van der Waals surface area contributed by atoms with E-state index in [4.69, 9.17) is 13.6 Å². The average Bonchev–Trinajstić information content (AvgIpc) is 3.36. The summed E-state index contributed by atoms with van der Waals surface area (Å²) in [5.74, 6) is 0.194. The summed E-state index contributed by atoms with van der Waals surface area (Å²) in [5, 5.41) is 5.89. The summed E-state index contributed by atoms with van der Waals surface area (Å²) < 4.78 is 29.5. The summed E-state index contributed by atoms with van der Waals surface area (Å²) in [6, 6.07) is 13.8. The number of carbonyl (C=O) groups is 2. The number of amides is 2. The minimum Gasteiger partial charge on any atom is -0.492 e. The fourth-order valence-corrected chi connectivity index (χ4v) is 3.11. The van der Waals surface area contributed by atoms with Crippen LogP contribution in [0.1, 0.15) is 22.1 Å². The number of hydrogen-bond acceptors (Lipinski definition) is 5. The van der Waals surface area contributed by atoms with E-state index in [0.717, 1.165) is 5.76 Å². The first-order chi connectivity index (χ1) is 15.4. The Hall–Kier alpha value is -4.33. The number of nitrogens with one attached hydrogen (secondary N) is 2. The molecule has 2 aromatic carbocycles. The van der Waals surface area contributed by atoms with Crippen molar-refractivity contribution in [1.82, 2.24) is 0 Å². The van der Waals surface area contributed by atoms with Crippen LogP contribution in [0.5, 0.6) is 5.75 Å². The molecule has 4 rings (SSSR count). The molecule has 162 valence electrons. The van der Waals surface area contributed by atoms with E-state index in [2.05, 4.69) is 10.6 Å². The number of carbonyl (C=O) groups excluding carboxylic acids is 2. The Morgan fingerprint density at radius 3 is 2.41 bits per heavy atom. The fraction of sp³-hybridized carbons (Fsp3) is 0.0833. The second-order valence-electron chi connectivity index (χ2n) is 6.91. The van der Waals surface area contributed by atoms with Crippen LogP contribution < -0.4 is 15.4 Å². The molecule has 0 atom stereocenters. The van der Waals surface area contributed by atoms with Gasteiger partial charge >= 0.3 is 0 Å². The van der Waals surface area contributed by atoms with Gasteiger partial charge < -0.3 is 24.2 Å². The Morgan fingerprint density at radius 2 is 1.72 bits per heavy atom. The van der Waals surface area contributed by atoms with E-state index in [9.17, 15) is 14.0 Å². The summed E-state index contributed by atoms with van der Waals surface area (Å²) in [7, 11) is 1.41. The van der Waals surface area contributed by atoms with Crippen molar-refractivity contribution in [2.45, 2.75) is 6.92 Å². The molecule has 4 aromatic rings. The molecule has 0 saturated heterocycles. The SMILES string of the molecule is COc1c(C(=O)Nc2ccc(F)cc2)oc2ccc(NC(=O)/C=C/c3ccc(C)o3)cc12. The highest BCUT2D eigenvalue weighted by molar-refractivity contribution is 6.09. The summed E-state index contributed by atoms with van der Waals surface area (Å²) in [6.07, 6.45) is 2.92. The summed E-state index contributed by atoms with van der Waals surface area (Å²) in [4.78, 5) is 24.9. The zero-order valence-electron chi connectivity index (χ0n) is 17.3. The smallest absolute Gasteiger partial charge is 0.295 e. The van der Waals surface area contributed by atoms with Crippen molar-refractivity contribution in [1.29, 1.82) is 0 Å². The van der Waals surface area contributed by atoms with Crippen LogP contribution in [0, 0.1) is 12.7 Å². The van der Waals surface area contributed by atoms with Gasteiger partial charge in [0.05, 0.1) is 12.5 Å². The molecule has 0 saturated carbocycles. The Balaban J connectivity index is 1.54. The van der Waals surface area contributed by atoms with Crippen LogP contribution >= 0.6 is 0 Å². The quantitative estimate of drug-likeness (QED) is 0.397. The summed E-state index contributed by atoms with van der Waals surface area (Å²) >= 11 is 0. The van der Waals surface area contributed by atoms with Gasteiger partial charge in [-0.25, -0.2) is 4.39 Å². The monoisotopic (exact) mass is 434 g/mol. The van der Waals surface area contributed by atoms with Crippen LogP contribution in [0.4, 0.5) is 15.8 Å². The number of halogens is 1. The maximum Gasteiger partial charge on any atom is 0.295 e. The Kier molecular flexibility index (Phi) is 5.76. The first-order valence-electron chi connectivity index (χ1n) is 9.66. The summed E-state index contributed by atoms with van der Waals surface area (Å²) in [5.41, 5.74) is 1.31. The highest BCUT2D eigenvalue weighted by atomic mass is 19.1. The second kappa shape index (κ2) is 8.81. The number of hydrogen-bond donors (Lipinski definition) is 2. The van der Waals surface area contributed by atoms with Gasteiger partial charge in [0, 0.05) is 17.5 Å². The molecule has 0 radical (unpaired) electrons. The standard InChI is InChI=1S/C24H19FN2O5/c1-14-3-9-18(31-14)10-12-21(28)26-17-8-11-20-19(13-17)22(30-2)23(32-20)24(29)27-16-6-4-15(25)5-7-16/h3-13H,1-2H3,(H,26,28)(H,27,29)/b12-10+. The second-order valence-corrected chi connectivity index (χ2v) is 6.91. The lowest BCUT2D eigenvalue weighted by molar-refractivity contribution is -0.111. The average molecular weight is 434 g/mol. The van der Waals surface area contributed by atoms with Crippen LogP contribution in [-0.4, -0.2) is 18.9 Å². The van der Waals surface area contributed by atoms with E-state index in [1.54, 1.807) is 36.4 Å². The number of methoxy groups -OCH3 is 1. The molecule has 2 N–H and O–H groups in total. The molecule has 8 heteroatoms. The normalized spacial score (nSPS) is 11.1. The highest BCUT2D eigenvalue weighted by Gasteiger charge is 2.22. The minimum atomic E-state index is -0.549. The van der Waals surface area contributed by atoms with E-state index < -0.39 is 11.7 Å². The Morgan fingerprint density at radius 1 is 0.969 bits per heavy atom. The molecule has 2 heterocycles. The molecule has 0 aliphatic heterocycles. The van der Waals surface area contributed by atoms with Gasteiger partial charge in [-0.05, 0) is 67.6 Å². The number of fused-ring (bicyclic) bond motifs is 1. The Labute approximate surface area is 182 Å². The first kappa shape index (κ1) is 20.9. The molecule has 0 bridgehead atoms. The van der Waals surface area contributed by atoms with Crippen LogP contribution in [0.25, 0.3) is 17.0 Å².